The van der Waals surface area contributed by atoms with E-state index in [0.29, 0.717) is 5.02 Å². The number of hydrogen-bond acceptors (Lipinski definition) is 2. The van der Waals surface area contributed by atoms with Gasteiger partial charge in [-0.15, -0.1) is 0 Å². The minimum Gasteiger partial charge on any atom is -0.495 e. The summed E-state index contributed by atoms with van der Waals surface area (Å²) < 4.78 is 5.31. The van der Waals surface area contributed by atoms with Crippen LogP contribution in [0.4, 0.5) is 0 Å². The van der Waals surface area contributed by atoms with Crippen LogP contribution in [0.25, 0.3) is 0 Å². The van der Waals surface area contributed by atoms with E-state index in [-0.39, 0.29) is 5.54 Å². The molecule has 2 rings (SSSR count). The van der Waals surface area contributed by atoms with Crippen LogP contribution in [-0.4, -0.2) is 7.11 Å². The average Bonchev–Trinajstić information content (AvgIpc) is 2.88. The molecule has 0 spiro atoms. The molecule has 14 heavy (non-hydrogen) atoms. The van der Waals surface area contributed by atoms with Crippen molar-refractivity contribution in [2.24, 2.45) is 5.73 Å². The van der Waals surface area contributed by atoms with Crippen molar-refractivity contribution in [2.45, 2.75) is 25.3 Å². The van der Waals surface area contributed by atoms with E-state index in [2.05, 4.69) is 0 Å². The van der Waals surface area contributed by atoms with E-state index < -0.39 is 0 Å². The van der Waals surface area contributed by atoms with Crippen molar-refractivity contribution in [3.05, 3.63) is 28.3 Å². The first-order valence-corrected chi connectivity index (χ1v) is 5.09. The highest BCUT2D eigenvalue weighted by Crippen LogP contribution is 2.49. The standard InChI is InChI=1S/C11H14ClNO/c1-7-3-4-8(12)10(14-2)9(7)11(13)5-6-11/h3-4H,5-6,13H2,1-2H3. The molecule has 0 saturated heterocycles. The number of nitrogens with two attached hydrogens (primary N) is 1. The predicted octanol–water partition coefficient (Wildman–Crippen LogP) is 2.60. The van der Waals surface area contributed by atoms with Gasteiger partial charge in [0.25, 0.3) is 0 Å². The second-order valence-corrected chi connectivity index (χ2v) is 4.34. The molecular weight excluding hydrogens is 198 g/mol. The van der Waals surface area contributed by atoms with Gasteiger partial charge in [-0.25, -0.2) is 0 Å². The van der Waals surface area contributed by atoms with Crippen LogP contribution < -0.4 is 10.5 Å². The molecule has 1 aromatic rings. The maximum Gasteiger partial charge on any atom is 0.142 e. The number of benzene rings is 1. The summed E-state index contributed by atoms with van der Waals surface area (Å²) in [6.45, 7) is 2.04. The topological polar surface area (TPSA) is 35.2 Å². The summed E-state index contributed by atoms with van der Waals surface area (Å²) in [4.78, 5) is 0. The van der Waals surface area contributed by atoms with Crippen molar-refractivity contribution in [1.29, 1.82) is 0 Å². The van der Waals surface area contributed by atoms with E-state index in [9.17, 15) is 0 Å². The summed E-state index contributed by atoms with van der Waals surface area (Å²) in [6, 6.07) is 3.85. The van der Waals surface area contributed by atoms with Crippen LogP contribution in [0, 0.1) is 6.92 Å². The Morgan fingerprint density at radius 1 is 1.43 bits per heavy atom. The van der Waals surface area contributed by atoms with Gasteiger partial charge in [0.2, 0.25) is 0 Å². The average molecular weight is 212 g/mol. The Bertz CT molecular complexity index is 372. The van der Waals surface area contributed by atoms with E-state index in [4.69, 9.17) is 22.1 Å². The van der Waals surface area contributed by atoms with Gasteiger partial charge in [0.05, 0.1) is 12.1 Å². The molecule has 1 fully saturated rings. The molecule has 3 heteroatoms. The summed E-state index contributed by atoms with van der Waals surface area (Å²) in [5, 5.41) is 0.643. The monoisotopic (exact) mass is 211 g/mol. The van der Waals surface area contributed by atoms with Gasteiger partial charge in [0.1, 0.15) is 5.75 Å². The minimum atomic E-state index is -0.194. The van der Waals surface area contributed by atoms with E-state index >= 15 is 0 Å². The highest BCUT2D eigenvalue weighted by molar-refractivity contribution is 6.32. The van der Waals surface area contributed by atoms with Gasteiger partial charge in [-0.1, -0.05) is 17.7 Å². The van der Waals surface area contributed by atoms with Crippen LogP contribution in [0.15, 0.2) is 12.1 Å². The lowest BCUT2D eigenvalue weighted by Gasteiger charge is -2.18. The normalized spacial score (nSPS) is 18.0. The third-order valence-electron chi connectivity index (χ3n) is 2.81. The summed E-state index contributed by atoms with van der Waals surface area (Å²) in [7, 11) is 1.63. The van der Waals surface area contributed by atoms with Gasteiger partial charge in [0.15, 0.2) is 0 Å². The zero-order chi connectivity index (χ0) is 10.3. The smallest absolute Gasteiger partial charge is 0.142 e. The Kier molecular flexibility index (Phi) is 2.20. The first-order valence-electron chi connectivity index (χ1n) is 4.71. The highest BCUT2D eigenvalue weighted by atomic mass is 35.5. The van der Waals surface area contributed by atoms with Crippen LogP contribution in [0.3, 0.4) is 0 Å². The quantitative estimate of drug-likeness (QED) is 0.816. The molecule has 1 aliphatic rings. The molecule has 1 saturated carbocycles. The third kappa shape index (κ3) is 1.39. The van der Waals surface area contributed by atoms with E-state index in [0.717, 1.165) is 29.7 Å². The maximum absolute atomic E-state index is 6.18. The van der Waals surface area contributed by atoms with Crippen molar-refractivity contribution in [3.8, 4) is 5.75 Å². The molecule has 0 amide bonds. The maximum atomic E-state index is 6.18. The molecule has 2 N–H and O–H groups in total. The van der Waals surface area contributed by atoms with Crippen LogP contribution in [0.1, 0.15) is 24.0 Å². The summed E-state index contributed by atoms with van der Waals surface area (Å²) in [5.41, 5.74) is 8.22. The van der Waals surface area contributed by atoms with Crippen LogP contribution in [-0.2, 0) is 5.54 Å². The van der Waals surface area contributed by atoms with Gasteiger partial charge in [-0.2, -0.15) is 0 Å². The first-order chi connectivity index (χ1) is 6.58. The molecule has 0 radical (unpaired) electrons. The van der Waals surface area contributed by atoms with Crippen molar-refractivity contribution in [3.63, 3.8) is 0 Å². The molecular formula is C11H14ClNO. The molecule has 0 aliphatic heterocycles. The lowest BCUT2D eigenvalue weighted by atomic mass is 9.99. The molecule has 0 atom stereocenters. The lowest BCUT2D eigenvalue weighted by Crippen LogP contribution is -2.21. The fourth-order valence-corrected chi connectivity index (χ4v) is 2.09. The largest absolute Gasteiger partial charge is 0.495 e. The second kappa shape index (κ2) is 3.14. The number of methoxy groups -OCH3 is 1. The summed E-state index contributed by atoms with van der Waals surface area (Å²) in [6.07, 6.45) is 2.04. The zero-order valence-electron chi connectivity index (χ0n) is 8.43. The molecule has 1 aromatic carbocycles. The Labute approximate surface area is 89.0 Å². The van der Waals surface area contributed by atoms with Gasteiger partial charge < -0.3 is 10.5 Å². The van der Waals surface area contributed by atoms with Crippen molar-refractivity contribution in [2.75, 3.05) is 7.11 Å². The van der Waals surface area contributed by atoms with Crippen LogP contribution in [0.2, 0.25) is 5.02 Å². The lowest BCUT2D eigenvalue weighted by molar-refractivity contribution is 0.404. The number of hydrogen-bond donors (Lipinski definition) is 1. The van der Waals surface area contributed by atoms with Gasteiger partial charge in [0, 0.05) is 11.1 Å². The number of halogens is 1. The predicted molar refractivity (Wildman–Crippen MR) is 57.8 cm³/mol. The van der Waals surface area contributed by atoms with E-state index in [1.165, 1.54) is 0 Å². The fourth-order valence-electron chi connectivity index (χ4n) is 1.86. The Morgan fingerprint density at radius 2 is 2.07 bits per heavy atom. The van der Waals surface area contributed by atoms with Gasteiger partial charge in [-0.05, 0) is 31.4 Å². The fraction of sp³-hybridized carbons (Fsp3) is 0.455. The Balaban J connectivity index is 2.60. The number of ether oxygens (including phenoxy) is 1. The van der Waals surface area contributed by atoms with E-state index in [1.807, 2.05) is 19.1 Å². The van der Waals surface area contributed by atoms with Crippen LogP contribution >= 0.6 is 11.6 Å². The molecule has 0 heterocycles. The third-order valence-corrected chi connectivity index (χ3v) is 3.11. The SMILES string of the molecule is COc1c(Cl)ccc(C)c1C1(N)CC1. The van der Waals surface area contributed by atoms with Gasteiger partial charge >= 0.3 is 0 Å². The second-order valence-electron chi connectivity index (χ2n) is 3.93. The molecule has 1 aliphatic carbocycles. The first kappa shape index (κ1) is 9.81. The van der Waals surface area contributed by atoms with Crippen molar-refractivity contribution < 1.29 is 4.74 Å². The highest BCUT2D eigenvalue weighted by Gasteiger charge is 2.43. The Hall–Kier alpha value is -0.730. The zero-order valence-corrected chi connectivity index (χ0v) is 9.19. The summed E-state index contributed by atoms with van der Waals surface area (Å²) >= 11 is 6.05. The minimum absolute atomic E-state index is 0.194. The number of aryl methyl sites for hydroxylation is 1. The summed E-state index contributed by atoms with van der Waals surface area (Å²) in [5.74, 6) is 0.742. The number of rotatable bonds is 2. The van der Waals surface area contributed by atoms with Crippen molar-refractivity contribution in [1.82, 2.24) is 0 Å². The van der Waals surface area contributed by atoms with Crippen LogP contribution in [0.5, 0.6) is 5.75 Å². The molecule has 0 bridgehead atoms. The van der Waals surface area contributed by atoms with Crippen molar-refractivity contribution >= 4 is 11.6 Å². The molecule has 0 aromatic heterocycles. The van der Waals surface area contributed by atoms with Gasteiger partial charge in [-0.3, -0.25) is 0 Å². The van der Waals surface area contributed by atoms with E-state index in [1.54, 1.807) is 7.11 Å². The molecule has 0 unspecified atom stereocenters. The Morgan fingerprint density at radius 3 is 2.57 bits per heavy atom. The molecule has 2 nitrogen and oxygen atoms in total. The molecule has 76 valence electrons.